The van der Waals surface area contributed by atoms with E-state index in [1.54, 1.807) is 4.90 Å². The third kappa shape index (κ3) is 4.33. The number of carbonyl (C=O) groups excluding carboxylic acids is 1. The highest BCUT2D eigenvalue weighted by Gasteiger charge is 2.30. The molecule has 0 aliphatic carbocycles. The molecule has 1 saturated heterocycles. The Hall–Kier alpha value is -2.38. The van der Waals surface area contributed by atoms with Crippen LogP contribution in [0.2, 0.25) is 0 Å². The van der Waals surface area contributed by atoms with Gasteiger partial charge in [-0.05, 0) is 33.6 Å². The molecule has 4 N–H and O–H groups in total. The van der Waals surface area contributed by atoms with Gasteiger partial charge in [0.2, 0.25) is 0 Å². The smallest absolute Gasteiger partial charge is 0.410 e. The minimum atomic E-state index is -0.507. The SMILES string of the molecule is CCC(=N)c1c(N)ncnc1NC1CCN(C(=O)OC(C)(C)C)C1. The molecule has 1 unspecified atom stereocenters. The van der Waals surface area contributed by atoms with Crippen LogP contribution < -0.4 is 11.1 Å². The van der Waals surface area contributed by atoms with Gasteiger partial charge in [-0.15, -0.1) is 0 Å². The number of likely N-dealkylation sites (tertiary alicyclic amines) is 1. The van der Waals surface area contributed by atoms with Crippen LogP contribution in [0.5, 0.6) is 0 Å². The van der Waals surface area contributed by atoms with Crippen molar-refractivity contribution in [1.29, 1.82) is 5.41 Å². The highest BCUT2D eigenvalue weighted by molar-refractivity contribution is 6.05. The molecule has 1 aliphatic heterocycles. The van der Waals surface area contributed by atoms with Crippen molar-refractivity contribution >= 4 is 23.4 Å². The number of nitrogens with one attached hydrogen (secondary N) is 2. The number of hydrogen-bond acceptors (Lipinski definition) is 7. The van der Waals surface area contributed by atoms with E-state index in [0.29, 0.717) is 42.4 Å². The first-order valence-corrected chi connectivity index (χ1v) is 8.14. The minimum Gasteiger partial charge on any atom is -0.444 e. The van der Waals surface area contributed by atoms with Crippen LogP contribution >= 0.6 is 0 Å². The summed E-state index contributed by atoms with van der Waals surface area (Å²) in [6.07, 6.45) is 2.39. The second-order valence-corrected chi connectivity index (χ2v) is 6.87. The van der Waals surface area contributed by atoms with Gasteiger partial charge in [0.25, 0.3) is 0 Å². The second kappa shape index (κ2) is 7.02. The number of anilines is 2. The Morgan fingerprint density at radius 2 is 2.21 bits per heavy atom. The molecule has 0 aromatic carbocycles. The molecule has 1 atom stereocenters. The lowest BCUT2D eigenvalue weighted by Crippen LogP contribution is -2.36. The topological polar surface area (TPSA) is 117 Å². The average Bonchev–Trinajstić information content (AvgIpc) is 2.94. The largest absolute Gasteiger partial charge is 0.444 e. The van der Waals surface area contributed by atoms with Gasteiger partial charge in [-0.1, -0.05) is 6.92 Å². The molecule has 0 saturated carbocycles. The standard InChI is InChI=1S/C16H26N6O2/c1-5-11(17)12-13(18)19-9-20-14(12)21-10-6-7-22(8-10)15(23)24-16(2,3)4/h9-10,17H,5-8H2,1-4H3,(H3,18,19,20,21). The van der Waals surface area contributed by atoms with Crippen LogP contribution in [-0.2, 0) is 4.74 Å². The van der Waals surface area contributed by atoms with Gasteiger partial charge in [-0.2, -0.15) is 0 Å². The molecule has 2 heterocycles. The summed E-state index contributed by atoms with van der Waals surface area (Å²) in [5.41, 5.74) is 6.32. The number of ether oxygens (including phenoxy) is 1. The molecule has 1 fully saturated rings. The predicted octanol–water partition coefficient (Wildman–Crippen LogP) is 2.26. The van der Waals surface area contributed by atoms with Gasteiger partial charge < -0.3 is 26.1 Å². The molecule has 2 rings (SSSR count). The van der Waals surface area contributed by atoms with E-state index in [2.05, 4.69) is 15.3 Å². The zero-order chi connectivity index (χ0) is 17.9. The fourth-order valence-corrected chi connectivity index (χ4v) is 2.55. The molecule has 1 aliphatic rings. The molecular weight excluding hydrogens is 308 g/mol. The molecule has 0 radical (unpaired) electrons. The average molecular weight is 334 g/mol. The van der Waals surface area contributed by atoms with Crippen molar-refractivity contribution < 1.29 is 9.53 Å². The number of nitrogens with two attached hydrogens (primary N) is 1. The normalized spacial score (nSPS) is 17.7. The van der Waals surface area contributed by atoms with Crippen LogP contribution in [0.1, 0.15) is 46.1 Å². The summed E-state index contributed by atoms with van der Waals surface area (Å²) in [5.74, 6) is 0.840. The van der Waals surface area contributed by atoms with Crippen LogP contribution in [0.4, 0.5) is 16.4 Å². The van der Waals surface area contributed by atoms with Gasteiger partial charge in [0.15, 0.2) is 0 Å². The number of aromatic nitrogens is 2. The van der Waals surface area contributed by atoms with Crippen molar-refractivity contribution in [1.82, 2.24) is 14.9 Å². The molecule has 1 amide bonds. The Balaban J connectivity index is 2.05. The molecule has 1 aromatic heterocycles. The lowest BCUT2D eigenvalue weighted by Gasteiger charge is -2.24. The lowest BCUT2D eigenvalue weighted by atomic mass is 10.1. The highest BCUT2D eigenvalue weighted by atomic mass is 16.6. The summed E-state index contributed by atoms with van der Waals surface area (Å²) < 4.78 is 5.40. The summed E-state index contributed by atoms with van der Waals surface area (Å²) in [4.78, 5) is 22.0. The highest BCUT2D eigenvalue weighted by Crippen LogP contribution is 2.23. The van der Waals surface area contributed by atoms with E-state index in [1.807, 2.05) is 27.7 Å². The van der Waals surface area contributed by atoms with Gasteiger partial charge in [-0.3, -0.25) is 0 Å². The molecule has 0 spiro atoms. The summed E-state index contributed by atoms with van der Waals surface area (Å²) >= 11 is 0. The number of nitrogen functional groups attached to an aromatic ring is 1. The van der Waals surface area contributed by atoms with Crippen LogP contribution in [0, 0.1) is 5.41 Å². The molecule has 8 nitrogen and oxygen atoms in total. The Labute approximate surface area is 142 Å². The molecule has 24 heavy (non-hydrogen) atoms. The maximum absolute atomic E-state index is 12.1. The van der Waals surface area contributed by atoms with Crippen molar-refractivity contribution in [3.05, 3.63) is 11.9 Å². The lowest BCUT2D eigenvalue weighted by molar-refractivity contribution is 0.0293. The van der Waals surface area contributed by atoms with Crippen LogP contribution in [0.3, 0.4) is 0 Å². The molecule has 1 aromatic rings. The fraction of sp³-hybridized carbons (Fsp3) is 0.625. The van der Waals surface area contributed by atoms with Crippen LogP contribution in [-0.4, -0.2) is 51.4 Å². The number of hydrogen-bond donors (Lipinski definition) is 3. The van der Waals surface area contributed by atoms with Gasteiger partial charge in [0, 0.05) is 24.8 Å². The molecule has 0 bridgehead atoms. The van der Waals surface area contributed by atoms with E-state index in [0.717, 1.165) is 6.42 Å². The van der Waals surface area contributed by atoms with E-state index in [4.69, 9.17) is 15.9 Å². The van der Waals surface area contributed by atoms with E-state index >= 15 is 0 Å². The van der Waals surface area contributed by atoms with Crippen molar-refractivity contribution in [2.24, 2.45) is 0 Å². The van der Waals surface area contributed by atoms with Crippen molar-refractivity contribution in [2.45, 2.75) is 52.2 Å². The first-order chi connectivity index (χ1) is 11.2. The number of rotatable bonds is 4. The van der Waals surface area contributed by atoms with Gasteiger partial charge in [-0.25, -0.2) is 14.8 Å². The monoisotopic (exact) mass is 334 g/mol. The minimum absolute atomic E-state index is 0.0372. The fourth-order valence-electron chi connectivity index (χ4n) is 2.55. The maximum Gasteiger partial charge on any atom is 0.410 e. The maximum atomic E-state index is 12.1. The summed E-state index contributed by atoms with van der Waals surface area (Å²) in [7, 11) is 0. The number of amides is 1. The van der Waals surface area contributed by atoms with Crippen molar-refractivity contribution in [3.63, 3.8) is 0 Å². The van der Waals surface area contributed by atoms with Crippen LogP contribution in [0.15, 0.2) is 6.33 Å². The van der Waals surface area contributed by atoms with Gasteiger partial charge in [0.1, 0.15) is 23.6 Å². The molecule has 132 valence electrons. The van der Waals surface area contributed by atoms with Gasteiger partial charge >= 0.3 is 6.09 Å². The first kappa shape index (κ1) is 18.0. The Morgan fingerprint density at radius 3 is 2.83 bits per heavy atom. The second-order valence-electron chi connectivity index (χ2n) is 6.87. The molecule has 8 heteroatoms. The Bertz CT molecular complexity index is 625. The summed E-state index contributed by atoms with van der Waals surface area (Å²) in [6.45, 7) is 8.58. The Kier molecular flexibility index (Phi) is 5.26. The van der Waals surface area contributed by atoms with E-state index in [-0.39, 0.29) is 12.1 Å². The van der Waals surface area contributed by atoms with E-state index in [9.17, 15) is 4.79 Å². The van der Waals surface area contributed by atoms with Crippen LogP contribution in [0.25, 0.3) is 0 Å². The summed E-state index contributed by atoms with van der Waals surface area (Å²) in [5, 5.41) is 11.3. The van der Waals surface area contributed by atoms with Crippen molar-refractivity contribution in [3.8, 4) is 0 Å². The molecular formula is C16H26N6O2. The number of carbonyl (C=O) groups is 1. The third-order valence-corrected chi connectivity index (χ3v) is 3.71. The van der Waals surface area contributed by atoms with E-state index < -0.39 is 5.60 Å². The first-order valence-electron chi connectivity index (χ1n) is 8.14. The van der Waals surface area contributed by atoms with E-state index in [1.165, 1.54) is 6.33 Å². The predicted molar refractivity (Wildman–Crippen MR) is 93.4 cm³/mol. The Morgan fingerprint density at radius 1 is 1.50 bits per heavy atom. The zero-order valence-electron chi connectivity index (χ0n) is 14.7. The number of nitrogens with zero attached hydrogens (tertiary/aromatic N) is 3. The third-order valence-electron chi connectivity index (χ3n) is 3.71. The van der Waals surface area contributed by atoms with Gasteiger partial charge in [0.05, 0.1) is 5.56 Å². The van der Waals surface area contributed by atoms with Crippen molar-refractivity contribution in [2.75, 3.05) is 24.1 Å². The zero-order valence-corrected chi connectivity index (χ0v) is 14.7. The quantitative estimate of drug-likeness (QED) is 0.727. The summed E-state index contributed by atoms with van der Waals surface area (Å²) in [6, 6.07) is 0.0372.